The molecule has 1 aliphatic heterocycles. The van der Waals surface area contributed by atoms with Gasteiger partial charge in [0, 0.05) is 25.9 Å². The van der Waals surface area contributed by atoms with E-state index in [0.717, 1.165) is 24.9 Å². The van der Waals surface area contributed by atoms with Gasteiger partial charge in [-0.3, -0.25) is 4.79 Å². The van der Waals surface area contributed by atoms with Crippen molar-refractivity contribution in [2.45, 2.75) is 177 Å². The first-order valence-electron chi connectivity index (χ1n) is 19.2. The van der Waals surface area contributed by atoms with Gasteiger partial charge in [-0.2, -0.15) is 0 Å². The summed E-state index contributed by atoms with van der Waals surface area (Å²) in [5.41, 5.74) is 6.58. The van der Waals surface area contributed by atoms with Crippen molar-refractivity contribution < 1.29 is 9.53 Å². The number of rotatable bonds is 18. The van der Waals surface area contributed by atoms with Gasteiger partial charge in [-0.05, 0) is 110 Å². The third-order valence-electron chi connectivity index (χ3n) is 9.74. The summed E-state index contributed by atoms with van der Waals surface area (Å²) in [5, 5.41) is 0.191. The zero-order chi connectivity index (χ0) is 35.1. The van der Waals surface area contributed by atoms with Crippen LogP contribution in [0.3, 0.4) is 0 Å². The van der Waals surface area contributed by atoms with E-state index in [2.05, 4.69) is 111 Å². The minimum atomic E-state index is 0.191. The van der Waals surface area contributed by atoms with E-state index in [1.807, 2.05) is 0 Å². The van der Waals surface area contributed by atoms with Crippen LogP contribution < -0.4 is 0 Å². The predicted octanol–water partition coefficient (Wildman–Crippen LogP) is 14.2. The van der Waals surface area contributed by atoms with Crippen LogP contribution in [0.1, 0.15) is 186 Å². The molecule has 0 spiro atoms. The zero-order valence-electron chi connectivity index (χ0n) is 32.5. The summed E-state index contributed by atoms with van der Waals surface area (Å²) in [5.74, 6) is 2.21. The standard InChI is InChI=1S/C21H34OS.C19H32.C4H8O/c1-6-8-19(13-15-21(4,5)14-7-2)20-11-9-18(10-12-20)16-23-17(3)22;1-6-8-17(13-15-19(4,5)14-7-2)18-11-9-16(3)10-12-18;1-2-4-5-3-1/h9-12,19H,6-8,13-16H2,1-5H3;9-12,17H,6-8,13-15H2,1-5H3;1-4H2. The van der Waals surface area contributed by atoms with Crippen molar-refractivity contribution in [3.8, 4) is 0 Å². The number of aryl methyl sites for hydroxylation is 1. The summed E-state index contributed by atoms with van der Waals surface area (Å²) >= 11 is 1.39. The molecule has 2 atom stereocenters. The molecule has 0 aliphatic carbocycles. The molecule has 1 saturated heterocycles. The molecule has 1 heterocycles. The van der Waals surface area contributed by atoms with Gasteiger partial charge in [0.25, 0.3) is 0 Å². The van der Waals surface area contributed by atoms with Gasteiger partial charge in [-0.15, -0.1) is 0 Å². The predicted molar refractivity (Wildman–Crippen MR) is 211 cm³/mol. The summed E-state index contributed by atoms with van der Waals surface area (Å²) < 4.78 is 4.94. The molecule has 2 nitrogen and oxygen atoms in total. The van der Waals surface area contributed by atoms with Crippen LogP contribution in [0.15, 0.2) is 48.5 Å². The third kappa shape index (κ3) is 20.5. The van der Waals surface area contributed by atoms with Crippen molar-refractivity contribution in [1.29, 1.82) is 0 Å². The van der Waals surface area contributed by atoms with Gasteiger partial charge < -0.3 is 4.74 Å². The molecular formula is C44H74O2S. The number of carbonyl (C=O) groups is 1. The maximum Gasteiger partial charge on any atom is 0.186 e. The Balaban J connectivity index is 0.000000413. The number of hydrogen-bond donors (Lipinski definition) is 0. The molecule has 1 fully saturated rings. The van der Waals surface area contributed by atoms with E-state index >= 15 is 0 Å². The Morgan fingerprint density at radius 3 is 1.43 bits per heavy atom. The fraction of sp³-hybridized carbons (Fsp3) is 0.705. The Hall–Kier alpha value is -1.58. The van der Waals surface area contributed by atoms with Crippen LogP contribution in [0.4, 0.5) is 0 Å². The molecule has 0 N–H and O–H groups in total. The monoisotopic (exact) mass is 667 g/mol. The Morgan fingerprint density at radius 2 is 1.09 bits per heavy atom. The van der Waals surface area contributed by atoms with Gasteiger partial charge in [0.1, 0.15) is 0 Å². The Bertz CT molecular complexity index is 1040. The fourth-order valence-electron chi connectivity index (χ4n) is 6.81. The Labute approximate surface area is 297 Å². The lowest BCUT2D eigenvalue weighted by atomic mass is 9.79. The van der Waals surface area contributed by atoms with E-state index in [-0.39, 0.29) is 5.12 Å². The third-order valence-corrected chi connectivity index (χ3v) is 10.6. The number of thioether (sulfide) groups is 1. The topological polar surface area (TPSA) is 26.3 Å². The van der Waals surface area contributed by atoms with Crippen LogP contribution in [0, 0.1) is 17.8 Å². The quantitative estimate of drug-likeness (QED) is 0.158. The van der Waals surface area contributed by atoms with E-state index < -0.39 is 0 Å². The van der Waals surface area contributed by atoms with E-state index in [0.29, 0.717) is 16.7 Å². The molecule has 0 radical (unpaired) electrons. The molecule has 0 amide bonds. The first kappa shape index (κ1) is 43.4. The second-order valence-electron chi connectivity index (χ2n) is 15.6. The molecular weight excluding hydrogens is 593 g/mol. The Morgan fingerprint density at radius 1 is 0.660 bits per heavy atom. The first-order valence-corrected chi connectivity index (χ1v) is 20.2. The number of carbonyl (C=O) groups excluding carboxylic acids is 1. The molecule has 0 bridgehead atoms. The summed E-state index contributed by atoms with van der Waals surface area (Å²) in [7, 11) is 0. The summed E-state index contributed by atoms with van der Waals surface area (Å²) in [6.45, 7) is 24.6. The molecule has 2 unspecified atom stereocenters. The molecule has 2 aromatic rings. The lowest BCUT2D eigenvalue weighted by molar-refractivity contribution is -0.109. The lowest BCUT2D eigenvalue weighted by Crippen LogP contribution is -2.13. The SMILES string of the molecule is C1CCOC1.CCCC(CCC(C)(C)CCC)c1ccc(C)cc1.CCCC(CCC(C)(C)CCC)c1ccc(CSC(C)=O)cc1. The molecule has 0 saturated carbocycles. The van der Waals surface area contributed by atoms with Crippen molar-refractivity contribution >= 4 is 16.9 Å². The average molecular weight is 667 g/mol. The second kappa shape index (κ2) is 24.5. The average Bonchev–Trinajstić information content (AvgIpc) is 3.62. The van der Waals surface area contributed by atoms with Gasteiger partial charge in [0.2, 0.25) is 0 Å². The van der Waals surface area contributed by atoms with Crippen LogP contribution in [0.5, 0.6) is 0 Å². The van der Waals surface area contributed by atoms with Gasteiger partial charge in [-0.1, -0.05) is 147 Å². The maximum absolute atomic E-state index is 11.1. The first-order chi connectivity index (χ1) is 22.4. The van der Waals surface area contributed by atoms with E-state index in [9.17, 15) is 4.79 Å². The van der Waals surface area contributed by atoms with Crippen LogP contribution >= 0.6 is 11.8 Å². The van der Waals surface area contributed by atoms with E-state index in [1.54, 1.807) is 12.5 Å². The van der Waals surface area contributed by atoms with Gasteiger partial charge in [0.15, 0.2) is 5.12 Å². The zero-order valence-corrected chi connectivity index (χ0v) is 33.3. The van der Waals surface area contributed by atoms with Gasteiger partial charge in [-0.25, -0.2) is 0 Å². The summed E-state index contributed by atoms with van der Waals surface area (Å²) in [4.78, 5) is 11.1. The minimum absolute atomic E-state index is 0.191. The molecule has 268 valence electrons. The highest BCUT2D eigenvalue weighted by Crippen LogP contribution is 2.36. The molecule has 3 heteroatoms. The Kier molecular flexibility index (Phi) is 22.7. The molecule has 3 rings (SSSR count). The molecule has 2 aromatic carbocycles. The fourth-order valence-corrected chi connectivity index (χ4v) is 7.37. The van der Waals surface area contributed by atoms with Crippen molar-refractivity contribution in [3.05, 3.63) is 70.8 Å². The van der Waals surface area contributed by atoms with Gasteiger partial charge in [0.05, 0.1) is 0 Å². The van der Waals surface area contributed by atoms with Crippen molar-refractivity contribution in [2.24, 2.45) is 10.8 Å². The summed E-state index contributed by atoms with van der Waals surface area (Å²) in [6, 6.07) is 18.2. The number of benzene rings is 2. The van der Waals surface area contributed by atoms with Crippen molar-refractivity contribution in [3.63, 3.8) is 0 Å². The van der Waals surface area contributed by atoms with E-state index in [4.69, 9.17) is 4.74 Å². The highest BCUT2D eigenvalue weighted by Gasteiger charge is 2.21. The van der Waals surface area contributed by atoms with Gasteiger partial charge >= 0.3 is 0 Å². The van der Waals surface area contributed by atoms with Crippen LogP contribution in [0.25, 0.3) is 0 Å². The maximum atomic E-state index is 11.1. The highest BCUT2D eigenvalue weighted by molar-refractivity contribution is 8.12. The summed E-state index contributed by atoms with van der Waals surface area (Å²) in [6.07, 6.45) is 18.2. The molecule has 47 heavy (non-hydrogen) atoms. The largest absolute Gasteiger partial charge is 0.381 e. The minimum Gasteiger partial charge on any atom is -0.381 e. The highest BCUT2D eigenvalue weighted by atomic mass is 32.2. The number of ether oxygens (including phenoxy) is 1. The second-order valence-corrected chi connectivity index (χ2v) is 16.8. The van der Waals surface area contributed by atoms with Crippen LogP contribution in [-0.2, 0) is 15.3 Å². The van der Waals surface area contributed by atoms with Crippen molar-refractivity contribution in [1.82, 2.24) is 0 Å². The molecule has 1 aliphatic rings. The van der Waals surface area contributed by atoms with Crippen molar-refractivity contribution in [2.75, 3.05) is 13.2 Å². The van der Waals surface area contributed by atoms with Crippen LogP contribution in [0.2, 0.25) is 0 Å². The van der Waals surface area contributed by atoms with Crippen LogP contribution in [-0.4, -0.2) is 18.3 Å². The van der Waals surface area contributed by atoms with E-state index in [1.165, 1.54) is 118 Å². The normalized spacial score (nSPS) is 14.4. The molecule has 0 aromatic heterocycles. The lowest BCUT2D eigenvalue weighted by Gasteiger charge is -2.27. The smallest absolute Gasteiger partial charge is 0.186 e. The number of hydrogen-bond acceptors (Lipinski definition) is 3.